The zero-order valence-corrected chi connectivity index (χ0v) is 22.8. The van der Waals surface area contributed by atoms with E-state index in [9.17, 15) is 13.2 Å². The molecule has 1 atom stereocenters. The molecule has 1 N–H and O–H groups in total. The van der Waals surface area contributed by atoms with Crippen LogP contribution in [0.5, 0.6) is 0 Å². The average Bonchev–Trinajstić information content (AvgIpc) is 3.28. The van der Waals surface area contributed by atoms with Gasteiger partial charge in [0, 0.05) is 21.8 Å². The maximum Gasteiger partial charge on any atom is 0.264 e. The number of thiophene rings is 1. The van der Waals surface area contributed by atoms with Crippen molar-refractivity contribution in [1.82, 2.24) is 5.32 Å². The summed E-state index contributed by atoms with van der Waals surface area (Å²) < 4.78 is 29.7. The normalized spacial score (nSPS) is 12.4. The Labute approximate surface area is 219 Å². The molecule has 0 aliphatic heterocycles. The molecule has 0 saturated heterocycles. The highest BCUT2D eigenvalue weighted by Gasteiger charge is 2.24. The number of nitrogens with one attached hydrogen (secondary N) is 1. The van der Waals surface area contributed by atoms with Gasteiger partial charge in [-0.1, -0.05) is 46.3 Å². The Hall–Kier alpha value is -2.68. The number of halogens is 1. The van der Waals surface area contributed by atoms with Crippen molar-refractivity contribution >= 4 is 59.0 Å². The van der Waals surface area contributed by atoms with Crippen LogP contribution < -0.4 is 9.62 Å². The maximum absolute atomic E-state index is 13.3. The Balaban J connectivity index is 1.50. The number of aryl methyl sites for hydroxylation is 1. The van der Waals surface area contributed by atoms with Gasteiger partial charge in [0.15, 0.2) is 0 Å². The molecular weight excluding hydrogens is 544 g/mol. The van der Waals surface area contributed by atoms with Crippen molar-refractivity contribution in [3.05, 3.63) is 93.8 Å². The molecule has 4 aromatic rings. The van der Waals surface area contributed by atoms with Gasteiger partial charge < -0.3 is 5.32 Å². The van der Waals surface area contributed by atoms with Gasteiger partial charge in [0.05, 0.1) is 15.5 Å². The molecule has 0 aliphatic carbocycles. The standard InChI is InChI=1S/C27H27BrN2O3S2/c1-3-30(35(32,33)24-14-11-22(28)12-15-24)23-13-16-25-21(17-23)18-26(34-25)27(31)29-19(2)9-10-20-7-5-4-6-8-20/h4-8,11-19H,3,9-10H2,1-2H3,(H,29,31)/t19-/m0/s1. The van der Waals surface area contributed by atoms with Crippen LogP contribution in [-0.4, -0.2) is 26.9 Å². The topological polar surface area (TPSA) is 66.5 Å². The van der Waals surface area contributed by atoms with Crippen molar-refractivity contribution in [1.29, 1.82) is 0 Å². The molecule has 8 heteroatoms. The van der Waals surface area contributed by atoms with Gasteiger partial charge in [-0.3, -0.25) is 9.10 Å². The number of anilines is 1. The minimum absolute atomic E-state index is 0.0371. The summed E-state index contributed by atoms with van der Waals surface area (Å²) in [5.74, 6) is -0.108. The van der Waals surface area contributed by atoms with E-state index in [1.54, 1.807) is 30.3 Å². The summed E-state index contributed by atoms with van der Waals surface area (Å²) in [6.45, 7) is 4.11. The van der Waals surface area contributed by atoms with Crippen molar-refractivity contribution in [2.24, 2.45) is 0 Å². The van der Waals surface area contributed by atoms with Gasteiger partial charge in [0.2, 0.25) is 0 Å². The number of hydrogen-bond donors (Lipinski definition) is 1. The van der Waals surface area contributed by atoms with E-state index in [2.05, 4.69) is 33.4 Å². The lowest BCUT2D eigenvalue weighted by Crippen LogP contribution is -2.32. The van der Waals surface area contributed by atoms with E-state index in [0.717, 1.165) is 27.4 Å². The summed E-state index contributed by atoms with van der Waals surface area (Å²) in [4.78, 5) is 13.7. The first kappa shape index (κ1) is 25.4. The van der Waals surface area contributed by atoms with Gasteiger partial charge in [0.25, 0.3) is 15.9 Å². The number of nitrogens with zero attached hydrogens (tertiary/aromatic N) is 1. The molecule has 0 radical (unpaired) electrons. The summed E-state index contributed by atoms with van der Waals surface area (Å²) in [5.41, 5.74) is 1.82. The lowest BCUT2D eigenvalue weighted by atomic mass is 10.1. The lowest BCUT2D eigenvalue weighted by Gasteiger charge is -2.23. The third-order valence-electron chi connectivity index (χ3n) is 5.79. The van der Waals surface area contributed by atoms with Crippen LogP contribution in [0.3, 0.4) is 0 Å². The van der Waals surface area contributed by atoms with Crippen LogP contribution in [0, 0.1) is 0 Å². The van der Waals surface area contributed by atoms with Gasteiger partial charge in [-0.25, -0.2) is 8.42 Å². The third kappa shape index (κ3) is 5.94. The van der Waals surface area contributed by atoms with E-state index >= 15 is 0 Å². The quantitative estimate of drug-likeness (QED) is 0.245. The molecule has 0 saturated carbocycles. The molecule has 182 valence electrons. The molecule has 1 aromatic heterocycles. The highest BCUT2D eigenvalue weighted by molar-refractivity contribution is 9.10. The molecule has 0 fully saturated rings. The van der Waals surface area contributed by atoms with E-state index in [-0.39, 0.29) is 16.8 Å². The van der Waals surface area contributed by atoms with Gasteiger partial charge in [0.1, 0.15) is 0 Å². The van der Waals surface area contributed by atoms with E-state index in [0.29, 0.717) is 17.1 Å². The number of fused-ring (bicyclic) bond motifs is 1. The summed E-state index contributed by atoms with van der Waals surface area (Å²) in [6, 6.07) is 24.2. The van der Waals surface area contributed by atoms with Crippen molar-refractivity contribution in [2.45, 2.75) is 37.6 Å². The van der Waals surface area contributed by atoms with Crippen LogP contribution >= 0.6 is 27.3 Å². The SMILES string of the molecule is CCN(c1ccc2sc(C(=O)N[C@@H](C)CCc3ccccc3)cc2c1)S(=O)(=O)c1ccc(Br)cc1. The molecule has 5 nitrogen and oxygen atoms in total. The Bertz CT molecular complexity index is 1420. The van der Waals surface area contributed by atoms with Gasteiger partial charge in [-0.2, -0.15) is 0 Å². The van der Waals surface area contributed by atoms with Crippen LogP contribution in [0.25, 0.3) is 10.1 Å². The highest BCUT2D eigenvalue weighted by Crippen LogP contribution is 2.32. The van der Waals surface area contributed by atoms with Crippen LogP contribution in [-0.2, 0) is 16.4 Å². The van der Waals surface area contributed by atoms with E-state index in [1.165, 1.54) is 21.2 Å². The number of benzene rings is 3. The first-order chi connectivity index (χ1) is 16.8. The molecule has 35 heavy (non-hydrogen) atoms. The molecule has 0 unspecified atom stereocenters. The number of sulfonamides is 1. The van der Waals surface area contributed by atoms with Crippen molar-refractivity contribution in [3.8, 4) is 0 Å². The summed E-state index contributed by atoms with van der Waals surface area (Å²) >= 11 is 4.76. The zero-order valence-electron chi connectivity index (χ0n) is 19.6. The molecule has 1 amide bonds. The second-order valence-electron chi connectivity index (χ2n) is 8.36. The monoisotopic (exact) mass is 570 g/mol. The van der Waals surface area contributed by atoms with Crippen LogP contribution in [0.4, 0.5) is 5.69 Å². The molecule has 0 aliphatic rings. The van der Waals surface area contributed by atoms with Gasteiger partial charge in [-0.15, -0.1) is 11.3 Å². The number of amides is 1. The Morgan fingerprint density at radius 1 is 1.03 bits per heavy atom. The Morgan fingerprint density at radius 3 is 2.43 bits per heavy atom. The predicted octanol–water partition coefficient (Wildman–Crippen LogP) is 6.63. The largest absolute Gasteiger partial charge is 0.349 e. The lowest BCUT2D eigenvalue weighted by molar-refractivity contribution is 0.0942. The second kappa shape index (κ2) is 10.9. The maximum atomic E-state index is 13.3. The molecular formula is C27H27BrN2O3S2. The third-order valence-corrected chi connectivity index (χ3v) is 9.35. The van der Waals surface area contributed by atoms with Crippen LogP contribution in [0.2, 0.25) is 0 Å². The first-order valence-corrected chi connectivity index (χ1v) is 14.5. The van der Waals surface area contributed by atoms with Gasteiger partial charge in [-0.05, 0) is 86.2 Å². The molecule has 3 aromatic carbocycles. The van der Waals surface area contributed by atoms with Crippen LogP contribution in [0.1, 0.15) is 35.5 Å². The van der Waals surface area contributed by atoms with Gasteiger partial charge >= 0.3 is 0 Å². The average molecular weight is 572 g/mol. The fourth-order valence-electron chi connectivity index (χ4n) is 3.92. The Morgan fingerprint density at radius 2 is 1.74 bits per heavy atom. The molecule has 1 heterocycles. The number of carbonyl (C=O) groups excluding carboxylic acids is 1. The van der Waals surface area contributed by atoms with Crippen LogP contribution in [0.15, 0.2) is 88.2 Å². The van der Waals surface area contributed by atoms with E-state index in [1.807, 2.05) is 50.2 Å². The molecule has 4 rings (SSSR count). The summed E-state index contributed by atoms with van der Waals surface area (Å²) in [5, 5.41) is 3.93. The fourth-order valence-corrected chi connectivity index (χ4v) is 6.59. The van der Waals surface area contributed by atoms with Crippen molar-refractivity contribution in [2.75, 3.05) is 10.8 Å². The highest BCUT2D eigenvalue weighted by atomic mass is 79.9. The fraction of sp³-hybridized carbons (Fsp3) is 0.222. The van der Waals surface area contributed by atoms with E-state index in [4.69, 9.17) is 0 Å². The number of rotatable bonds is 9. The predicted molar refractivity (Wildman–Crippen MR) is 148 cm³/mol. The first-order valence-electron chi connectivity index (χ1n) is 11.4. The number of carbonyl (C=O) groups is 1. The summed E-state index contributed by atoms with van der Waals surface area (Å²) in [7, 11) is -3.71. The number of hydrogen-bond acceptors (Lipinski definition) is 4. The summed E-state index contributed by atoms with van der Waals surface area (Å²) in [6.07, 6.45) is 1.75. The minimum Gasteiger partial charge on any atom is -0.349 e. The van der Waals surface area contributed by atoms with Crippen molar-refractivity contribution < 1.29 is 13.2 Å². The second-order valence-corrected chi connectivity index (χ2v) is 12.2. The molecule has 0 spiro atoms. The smallest absolute Gasteiger partial charge is 0.264 e. The van der Waals surface area contributed by atoms with E-state index < -0.39 is 10.0 Å². The Kier molecular flexibility index (Phi) is 7.94. The minimum atomic E-state index is -3.71. The zero-order chi connectivity index (χ0) is 25.0. The van der Waals surface area contributed by atoms with Crippen molar-refractivity contribution in [3.63, 3.8) is 0 Å². The molecule has 0 bridgehead atoms.